The van der Waals surface area contributed by atoms with Crippen molar-refractivity contribution in [1.29, 1.82) is 0 Å². The van der Waals surface area contributed by atoms with E-state index in [-0.39, 0.29) is 16.8 Å². The first kappa shape index (κ1) is 18.9. The highest BCUT2D eigenvalue weighted by molar-refractivity contribution is 9.10. The van der Waals surface area contributed by atoms with E-state index in [0.717, 1.165) is 32.1 Å². The van der Waals surface area contributed by atoms with Crippen LogP contribution in [0.4, 0.5) is 0 Å². The SMILES string of the molecule is CC1CCCCC1NC(=O)c1cc(S(=O)(=O)N2CCCC2)ccc1Br. The summed E-state index contributed by atoms with van der Waals surface area (Å²) >= 11 is 3.39. The summed E-state index contributed by atoms with van der Waals surface area (Å²) in [5.41, 5.74) is 0.387. The number of carbonyl (C=O) groups excluding carboxylic acids is 1. The average Bonchev–Trinajstić information content (AvgIpc) is 3.12. The molecule has 1 heterocycles. The number of hydrogen-bond acceptors (Lipinski definition) is 3. The Kier molecular flexibility index (Phi) is 5.85. The third-order valence-electron chi connectivity index (χ3n) is 5.31. The summed E-state index contributed by atoms with van der Waals surface area (Å²) in [6, 6.07) is 4.88. The zero-order chi connectivity index (χ0) is 18.0. The van der Waals surface area contributed by atoms with Gasteiger partial charge < -0.3 is 5.32 Å². The Morgan fingerprint density at radius 1 is 1.16 bits per heavy atom. The van der Waals surface area contributed by atoms with Crippen molar-refractivity contribution in [3.8, 4) is 0 Å². The van der Waals surface area contributed by atoms with Crippen molar-refractivity contribution in [2.75, 3.05) is 13.1 Å². The molecule has 2 atom stereocenters. The molecule has 1 aliphatic heterocycles. The molecule has 5 nitrogen and oxygen atoms in total. The van der Waals surface area contributed by atoms with Crippen molar-refractivity contribution in [3.63, 3.8) is 0 Å². The predicted octanol–water partition coefficient (Wildman–Crippen LogP) is 3.54. The number of halogens is 1. The Morgan fingerprint density at radius 2 is 1.84 bits per heavy atom. The van der Waals surface area contributed by atoms with Gasteiger partial charge in [0.2, 0.25) is 10.0 Å². The first-order valence-corrected chi connectivity index (χ1v) is 11.2. The molecule has 3 rings (SSSR count). The molecular weight excluding hydrogens is 404 g/mol. The van der Waals surface area contributed by atoms with Gasteiger partial charge in [0.25, 0.3) is 5.91 Å². The number of hydrogen-bond donors (Lipinski definition) is 1. The number of nitrogens with zero attached hydrogens (tertiary/aromatic N) is 1. The molecule has 138 valence electrons. The number of nitrogens with one attached hydrogen (secondary N) is 1. The lowest BCUT2D eigenvalue weighted by Gasteiger charge is -2.29. The molecule has 2 aliphatic rings. The average molecular weight is 429 g/mol. The highest BCUT2D eigenvalue weighted by Gasteiger charge is 2.29. The van der Waals surface area contributed by atoms with Crippen LogP contribution < -0.4 is 5.32 Å². The fourth-order valence-corrected chi connectivity index (χ4v) is 5.66. The van der Waals surface area contributed by atoms with Gasteiger partial charge in [-0.15, -0.1) is 0 Å². The van der Waals surface area contributed by atoms with Crippen molar-refractivity contribution >= 4 is 31.9 Å². The standard InChI is InChI=1S/C18H25BrN2O3S/c1-13-6-2-3-7-17(13)20-18(22)15-12-14(8-9-16(15)19)25(23,24)21-10-4-5-11-21/h8-9,12-13,17H,2-7,10-11H2,1H3,(H,20,22). The minimum atomic E-state index is -3.52. The van der Waals surface area contributed by atoms with E-state index in [2.05, 4.69) is 28.2 Å². The van der Waals surface area contributed by atoms with Crippen molar-refractivity contribution in [2.45, 2.75) is 56.4 Å². The van der Waals surface area contributed by atoms with E-state index < -0.39 is 10.0 Å². The molecule has 1 aromatic carbocycles. The minimum Gasteiger partial charge on any atom is -0.349 e. The Bertz CT molecular complexity index is 745. The number of amides is 1. The van der Waals surface area contributed by atoms with E-state index >= 15 is 0 Å². The van der Waals surface area contributed by atoms with Crippen LogP contribution in [0.3, 0.4) is 0 Å². The lowest BCUT2D eigenvalue weighted by atomic mass is 9.86. The van der Waals surface area contributed by atoms with Gasteiger partial charge in [-0.3, -0.25) is 4.79 Å². The van der Waals surface area contributed by atoms with Gasteiger partial charge in [-0.1, -0.05) is 19.8 Å². The van der Waals surface area contributed by atoms with Gasteiger partial charge in [0.15, 0.2) is 0 Å². The molecule has 1 saturated heterocycles. The molecule has 1 amide bonds. The first-order chi connectivity index (χ1) is 11.9. The van der Waals surface area contributed by atoms with Gasteiger partial charge in [-0.05, 0) is 65.7 Å². The second-order valence-electron chi connectivity index (χ2n) is 7.09. The summed E-state index contributed by atoms with van der Waals surface area (Å²) in [5.74, 6) is 0.247. The summed E-state index contributed by atoms with van der Waals surface area (Å²) in [4.78, 5) is 12.9. The maximum atomic E-state index is 12.7. The largest absolute Gasteiger partial charge is 0.349 e. The summed E-state index contributed by atoms with van der Waals surface area (Å²) in [5, 5.41) is 3.10. The first-order valence-electron chi connectivity index (χ1n) is 9.00. The molecule has 0 aromatic heterocycles. The Labute approximate surface area is 158 Å². The maximum Gasteiger partial charge on any atom is 0.252 e. The molecule has 2 fully saturated rings. The van der Waals surface area contributed by atoms with Crippen LogP contribution in [0.5, 0.6) is 0 Å². The van der Waals surface area contributed by atoms with E-state index in [4.69, 9.17) is 0 Å². The summed E-state index contributed by atoms with van der Waals surface area (Å²) < 4.78 is 27.6. The lowest BCUT2D eigenvalue weighted by Crippen LogP contribution is -2.41. The number of rotatable bonds is 4. The molecule has 2 unspecified atom stereocenters. The van der Waals surface area contributed by atoms with Crippen LogP contribution in [0.25, 0.3) is 0 Å². The molecule has 7 heteroatoms. The van der Waals surface area contributed by atoms with Crippen LogP contribution in [0.15, 0.2) is 27.6 Å². The van der Waals surface area contributed by atoms with Gasteiger partial charge in [-0.25, -0.2) is 8.42 Å². The third kappa shape index (κ3) is 4.09. The fraction of sp³-hybridized carbons (Fsp3) is 0.611. The van der Waals surface area contributed by atoms with E-state index in [1.807, 2.05) is 0 Å². The van der Waals surface area contributed by atoms with Gasteiger partial charge in [-0.2, -0.15) is 4.31 Å². The van der Waals surface area contributed by atoms with Crippen molar-refractivity contribution in [3.05, 3.63) is 28.2 Å². The highest BCUT2D eigenvalue weighted by atomic mass is 79.9. The summed E-state index contributed by atoms with van der Waals surface area (Å²) in [7, 11) is -3.52. The molecular formula is C18H25BrN2O3S. The second kappa shape index (κ2) is 7.76. The topological polar surface area (TPSA) is 66.5 Å². The van der Waals surface area contributed by atoms with Gasteiger partial charge in [0.05, 0.1) is 10.5 Å². The van der Waals surface area contributed by atoms with Gasteiger partial charge in [0, 0.05) is 23.6 Å². The van der Waals surface area contributed by atoms with Crippen LogP contribution in [0.2, 0.25) is 0 Å². The van der Waals surface area contributed by atoms with E-state index in [1.165, 1.54) is 16.8 Å². The van der Waals surface area contributed by atoms with Crippen molar-refractivity contribution in [2.24, 2.45) is 5.92 Å². The third-order valence-corrected chi connectivity index (χ3v) is 7.90. The monoisotopic (exact) mass is 428 g/mol. The number of sulfonamides is 1. The number of benzene rings is 1. The van der Waals surface area contributed by atoms with Crippen molar-refractivity contribution in [1.82, 2.24) is 9.62 Å². The van der Waals surface area contributed by atoms with Crippen LogP contribution in [0, 0.1) is 5.92 Å². The zero-order valence-corrected chi connectivity index (χ0v) is 16.9. The molecule has 1 aromatic rings. The van der Waals surface area contributed by atoms with E-state index in [1.54, 1.807) is 12.1 Å². The maximum absolute atomic E-state index is 12.7. The molecule has 1 N–H and O–H groups in total. The zero-order valence-electron chi connectivity index (χ0n) is 14.5. The highest BCUT2D eigenvalue weighted by Crippen LogP contribution is 2.27. The van der Waals surface area contributed by atoms with Crippen LogP contribution >= 0.6 is 15.9 Å². The Balaban J connectivity index is 1.82. The number of carbonyl (C=O) groups is 1. The van der Waals surface area contributed by atoms with Gasteiger partial charge in [0.1, 0.15) is 0 Å². The predicted molar refractivity (Wildman–Crippen MR) is 101 cm³/mol. The van der Waals surface area contributed by atoms with Crippen molar-refractivity contribution < 1.29 is 13.2 Å². The molecule has 0 bridgehead atoms. The van der Waals surface area contributed by atoms with Gasteiger partial charge >= 0.3 is 0 Å². The smallest absolute Gasteiger partial charge is 0.252 e. The van der Waals surface area contributed by atoms with E-state index in [0.29, 0.717) is 29.0 Å². The Morgan fingerprint density at radius 3 is 2.52 bits per heavy atom. The second-order valence-corrected chi connectivity index (χ2v) is 9.89. The molecule has 1 aliphatic carbocycles. The molecule has 1 saturated carbocycles. The minimum absolute atomic E-state index is 0.159. The molecule has 25 heavy (non-hydrogen) atoms. The molecule has 0 radical (unpaired) electrons. The van der Waals surface area contributed by atoms with Crippen LogP contribution in [-0.2, 0) is 10.0 Å². The fourth-order valence-electron chi connectivity index (χ4n) is 3.69. The van der Waals surface area contributed by atoms with Crippen LogP contribution in [-0.4, -0.2) is 37.8 Å². The summed E-state index contributed by atoms with van der Waals surface area (Å²) in [6.45, 7) is 3.27. The van der Waals surface area contributed by atoms with E-state index in [9.17, 15) is 13.2 Å². The quantitative estimate of drug-likeness (QED) is 0.796. The Hall–Kier alpha value is -0.920. The molecule has 0 spiro atoms. The van der Waals surface area contributed by atoms with Crippen LogP contribution in [0.1, 0.15) is 55.8 Å². The summed E-state index contributed by atoms with van der Waals surface area (Å²) in [6.07, 6.45) is 6.22. The lowest BCUT2D eigenvalue weighted by molar-refractivity contribution is 0.0909. The normalized spacial score (nSPS) is 25.0.